The summed E-state index contributed by atoms with van der Waals surface area (Å²) in [5.74, 6) is 1.89. The maximum atomic E-state index is 5.27. The number of thiophene rings is 1. The highest BCUT2D eigenvalue weighted by Crippen LogP contribution is 2.56. The van der Waals surface area contributed by atoms with Gasteiger partial charge in [0.05, 0.1) is 11.0 Å². The maximum absolute atomic E-state index is 5.27. The molecule has 11 rings (SSSR count). The molecule has 4 nitrogen and oxygen atoms in total. The zero-order valence-corrected chi connectivity index (χ0v) is 27.5. The van der Waals surface area contributed by atoms with Crippen LogP contribution in [0.25, 0.3) is 104 Å². The van der Waals surface area contributed by atoms with E-state index < -0.39 is 0 Å². The van der Waals surface area contributed by atoms with Gasteiger partial charge in [-0.15, -0.1) is 11.3 Å². The van der Waals surface area contributed by atoms with Crippen molar-refractivity contribution in [2.24, 2.45) is 0 Å². The molecule has 0 unspecified atom stereocenters. The van der Waals surface area contributed by atoms with Gasteiger partial charge < -0.3 is 0 Å². The predicted octanol–water partition coefficient (Wildman–Crippen LogP) is 12.0. The highest BCUT2D eigenvalue weighted by atomic mass is 32.1. The van der Waals surface area contributed by atoms with Crippen molar-refractivity contribution < 1.29 is 0 Å². The van der Waals surface area contributed by atoms with Crippen LogP contribution in [-0.4, -0.2) is 19.5 Å². The van der Waals surface area contributed by atoms with E-state index in [0.717, 1.165) is 27.5 Å². The van der Waals surface area contributed by atoms with Crippen molar-refractivity contribution in [3.05, 3.63) is 158 Å². The monoisotopic (exact) mass is 654 g/mol. The van der Waals surface area contributed by atoms with Gasteiger partial charge in [-0.3, -0.25) is 4.57 Å². The molecule has 0 N–H and O–H groups in total. The number of rotatable bonds is 4. The van der Waals surface area contributed by atoms with Crippen LogP contribution in [0.1, 0.15) is 0 Å². The van der Waals surface area contributed by atoms with E-state index in [1.54, 1.807) is 0 Å². The molecule has 1 aliphatic rings. The lowest BCUT2D eigenvalue weighted by molar-refractivity contribution is 0.955. The lowest BCUT2D eigenvalue weighted by atomic mass is 9.92. The van der Waals surface area contributed by atoms with Crippen molar-refractivity contribution in [2.45, 2.75) is 0 Å². The molecule has 0 saturated heterocycles. The lowest BCUT2D eigenvalue weighted by Gasteiger charge is -2.15. The van der Waals surface area contributed by atoms with Gasteiger partial charge in [0.1, 0.15) is 0 Å². The van der Waals surface area contributed by atoms with Crippen LogP contribution in [0.4, 0.5) is 0 Å². The molecule has 5 heteroatoms. The van der Waals surface area contributed by atoms with Gasteiger partial charge in [-0.25, -0.2) is 4.98 Å². The first-order valence-corrected chi connectivity index (χ1v) is 17.6. The van der Waals surface area contributed by atoms with Gasteiger partial charge in [0.25, 0.3) is 0 Å². The van der Waals surface area contributed by atoms with Gasteiger partial charge in [-0.05, 0) is 45.8 Å². The van der Waals surface area contributed by atoms with E-state index in [1.165, 1.54) is 58.9 Å². The van der Waals surface area contributed by atoms with Crippen molar-refractivity contribution >= 4 is 54.0 Å². The molecule has 1 aliphatic carbocycles. The molecule has 3 heterocycles. The topological polar surface area (TPSA) is 43.6 Å². The molecular weight excluding hydrogens is 629 g/mol. The smallest absolute Gasteiger partial charge is 0.238 e. The van der Waals surface area contributed by atoms with Gasteiger partial charge in [0.2, 0.25) is 5.95 Å². The van der Waals surface area contributed by atoms with E-state index in [0.29, 0.717) is 17.6 Å². The molecule has 10 aromatic rings. The van der Waals surface area contributed by atoms with Gasteiger partial charge in [-0.2, -0.15) is 9.97 Å². The summed E-state index contributed by atoms with van der Waals surface area (Å²) < 4.78 is 3.57. The number of benzene rings is 7. The second kappa shape index (κ2) is 10.5. The molecule has 0 radical (unpaired) electrons. The summed E-state index contributed by atoms with van der Waals surface area (Å²) in [6.45, 7) is 0. The van der Waals surface area contributed by atoms with Crippen molar-refractivity contribution in [1.82, 2.24) is 19.5 Å². The Morgan fingerprint density at radius 2 is 1.06 bits per heavy atom. The number of hydrogen-bond donors (Lipinski definition) is 0. The van der Waals surface area contributed by atoms with Crippen LogP contribution in [0, 0.1) is 0 Å². The zero-order chi connectivity index (χ0) is 32.8. The first-order chi connectivity index (χ1) is 24.8. The number of aromatic nitrogens is 4. The summed E-state index contributed by atoms with van der Waals surface area (Å²) in [7, 11) is 0. The second-order valence-electron chi connectivity index (χ2n) is 12.8. The third kappa shape index (κ3) is 3.89. The number of nitrogens with zero attached hydrogens (tertiary/aromatic N) is 4. The molecule has 3 aromatic heterocycles. The minimum atomic E-state index is 0.605. The Hall–Kier alpha value is -6.43. The summed E-state index contributed by atoms with van der Waals surface area (Å²) in [5, 5.41) is 6.11. The van der Waals surface area contributed by atoms with Gasteiger partial charge in [0.15, 0.2) is 11.6 Å². The van der Waals surface area contributed by atoms with E-state index >= 15 is 0 Å². The fourth-order valence-corrected chi connectivity index (χ4v) is 9.09. The first-order valence-electron chi connectivity index (χ1n) is 16.8. The summed E-state index contributed by atoms with van der Waals surface area (Å²) in [6, 6.07) is 55.8. The summed E-state index contributed by atoms with van der Waals surface area (Å²) >= 11 is 1.88. The van der Waals surface area contributed by atoms with Crippen LogP contribution < -0.4 is 0 Å². The quantitative estimate of drug-likeness (QED) is 0.190. The Morgan fingerprint density at radius 3 is 1.76 bits per heavy atom. The second-order valence-corrected chi connectivity index (χ2v) is 13.8. The van der Waals surface area contributed by atoms with E-state index in [-0.39, 0.29) is 0 Å². The Balaban J connectivity index is 1.36. The largest absolute Gasteiger partial charge is 0.277 e. The van der Waals surface area contributed by atoms with Crippen molar-refractivity contribution in [1.29, 1.82) is 0 Å². The first kappa shape index (κ1) is 27.5. The molecule has 50 heavy (non-hydrogen) atoms. The highest BCUT2D eigenvalue weighted by Gasteiger charge is 2.30. The zero-order valence-electron chi connectivity index (χ0n) is 26.7. The van der Waals surface area contributed by atoms with Crippen LogP contribution >= 0.6 is 11.3 Å². The van der Waals surface area contributed by atoms with Crippen LogP contribution in [0.15, 0.2) is 158 Å². The summed E-state index contributed by atoms with van der Waals surface area (Å²) in [6.07, 6.45) is 0. The summed E-state index contributed by atoms with van der Waals surface area (Å²) in [4.78, 5) is 16.9. The molecule has 232 valence electrons. The van der Waals surface area contributed by atoms with E-state index in [1.807, 2.05) is 47.7 Å². The van der Waals surface area contributed by atoms with Crippen LogP contribution in [-0.2, 0) is 0 Å². The van der Waals surface area contributed by atoms with Crippen molar-refractivity contribution in [2.75, 3.05) is 0 Å². The molecule has 7 aromatic carbocycles. The average molecular weight is 655 g/mol. The molecule has 0 spiro atoms. The third-order valence-corrected chi connectivity index (χ3v) is 11.2. The highest BCUT2D eigenvalue weighted by molar-refractivity contribution is 7.23. The predicted molar refractivity (Wildman–Crippen MR) is 208 cm³/mol. The third-order valence-electron chi connectivity index (χ3n) is 9.98. The molecule has 0 fully saturated rings. The van der Waals surface area contributed by atoms with Crippen molar-refractivity contribution in [3.8, 4) is 61.4 Å². The summed E-state index contributed by atoms with van der Waals surface area (Å²) in [5.41, 5.74) is 10.4. The fraction of sp³-hybridized carbons (Fsp3) is 0. The molecule has 0 saturated carbocycles. The Labute approximate surface area is 291 Å². The molecule has 0 amide bonds. The number of hydrogen-bond acceptors (Lipinski definition) is 4. The van der Waals surface area contributed by atoms with Gasteiger partial charge in [0, 0.05) is 47.8 Å². The fourth-order valence-electron chi connectivity index (χ4n) is 7.86. The van der Waals surface area contributed by atoms with Gasteiger partial charge in [-0.1, -0.05) is 140 Å². The van der Waals surface area contributed by atoms with E-state index in [2.05, 4.69) is 126 Å². The van der Waals surface area contributed by atoms with E-state index in [4.69, 9.17) is 15.0 Å². The Bertz CT molecular complexity index is 2900. The van der Waals surface area contributed by atoms with E-state index in [9.17, 15) is 0 Å². The Morgan fingerprint density at radius 1 is 0.460 bits per heavy atom. The SMILES string of the molecule is c1ccc(-c2nc(-c3ccccc3)nc(-n3c4ccc5sc(-c6ccccc6)c6c5c4c4c(cc5ccccc5c43)-c3ccccc3-6)n2)cc1. The lowest BCUT2D eigenvalue weighted by Crippen LogP contribution is -2.06. The Kier molecular flexibility index (Phi) is 5.80. The number of fused-ring (bicyclic) bond motifs is 5. The molecule has 0 aliphatic heterocycles. The minimum absolute atomic E-state index is 0.605. The normalized spacial score (nSPS) is 12.0. The molecule has 0 atom stereocenters. The minimum Gasteiger partial charge on any atom is -0.277 e. The van der Waals surface area contributed by atoms with Crippen LogP contribution in [0.2, 0.25) is 0 Å². The average Bonchev–Trinajstić information content (AvgIpc) is 3.72. The van der Waals surface area contributed by atoms with Gasteiger partial charge >= 0.3 is 0 Å². The van der Waals surface area contributed by atoms with Crippen molar-refractivity contribution in [3.63, 3.8) is 0 Å². The van der Waals surface area contributed by atoms with Crippen LogP contribution in [0.5, 0.6) is 0 Å². The molecule has 0 bridgehead atoms. The standard InChI is InChI=1S/C45H26N4S/c1-4-14-27(15-5-1)42-38-33-23-13-12-22-32(33)34-26-30-20-10-11-21-31(30)41-37(34)39-35(24-25-36(50-42)40(38)39)49(41)45-47-43(28-16-6-2-7-17-28)46-44(48-45)29-18-8-3-9-19-29/h1-26H. The maximum Gasteiger partial charge on any atom is 0.238 e. The molecular formula is C45H26N4S. The van der Waals surface area contributed by atoms with Crippen LogP contribution in [0.3, 0.4) is 0 Å².